The van der Waals surface area contributed by atoms with Crippen LogP contribution in [0.25, 0.3) is 0 Å². The molecule has 1 unspecified atom stereocenters. The summed E-state index contributed by atoms with van der Waals surface area (Å²) in [5.74, 6) is 0. The Morgan fingerprint density at radius 1 is 1.18 bits per heavy atom. The third-order valence-electron chi connectivity index (χ3n) is 2.58. The highest BCUT2D eigenvalue weighted by Crippen LogP contribution is 2.32. The maximum absolute atomic E-state index is 6.24. The molecule has 4 heteroatoms. The number of aryl methyl sites for hydroxylation is 1. The normalized spacial score (nSPS) is 12.5. The summed E-state index contributed by atoms with van der Waals surface area (Å²) >= 11 is 13.8. The number of hydrogen-bond acceptors (Lipinski definition) is 2. The Morgan fingerprint density at radius 3 is 2.59 bits per heavy atom. The highest BCUT2D eigenvalue weighted by molar-refractivity contribution is 7.16. The molecule has 90 valence electrons. The summed E-state index contributed by atoms with van der Waals surface area (Å²) in [6, 6.07) is 10.1. The van der Waals surface area contributed by atoms with E-state index in [9.17, 15) is 0 Å². The van der Waals surface area contributed by atoms with Crippen molar-refractivity contribution < 1.29 is 0 Å². The van der Waals surface area contributed by atoms with Crippen molar-refractivity contribution in [2.45, 2.75) is 19.9 Å². The Morgan fingerprint density at radius 2 is 1.94 bits per heavy atom. The van der Waals surface area contributed by atoms with Gasteiger partial charge in [-0.15, -0.1) is 11.3 Å². The predicted molar refractivity (Wildman–Crippen MR) is 77.6 cm³/mol. The summed E-state index contributed by atoms with van der Waals surface area (Å²) in [4.78, 5) is 1.20. The number of rotatable bonds is 3. The molecule has 17 heavy (non-hydrogen) atoms. The summed E-state index contributed by atoms with van der Waals surface area (Å²) in [5, 5.41) is 4.18. The molecule has 1 aromatic heterocycles. The average Bonchev–Trinajstić information content (AvgIpc) is 2.72. The van der Waals surface area contributed by atoms with E-state index in [1.165, 1.54) is 4.88 Å². The summed E-state index contributed by atoms with van der Waals surface area (Å²) < 4.78 is 0.809. The van der Waals surface area contributed by atoms with E-state index in [1.807, 2.05) is 37.3 Å². The molecule has 0 amide bonds. The number of benzene rings is 1. The molecule has 1 N–H and O–H groups in total. The first-order valence-corrected chi connectivity index (χ1v) is 6.92. The Labute approximate surface area is 115 Å². The van der Waals surface area contributed by atoms with Crippen LogP contribution in [0, 0.1) is 6.92 Å². The summed E-state index contributed by atoms with van der Waals surface area (Å²) in [6.07, 6.45) is 0. The van der Waals surface area contributed by atoms with Crippen molar-refractivity contribution in [1.82, 2.24) is 0 Å². The Balaban J connectivity index is 2.18. The first-order chi connectivity index (χ1) is 8.08. The van der Waals surface area contributed by atoms with Gasteiger partial charge in [-0.1, -0.05) is 35.3 Å². The van der Waals surface area contributed by atoms with Gasteiger partial charge in [-0.25, -0.2) is 0 Å². The molecule has 1 atom stereocenters. The van der Waals surface area contributed by atoms with Crippen molar-refractivity contribution in [2.75, 3.05) is 5.32 Å². The lowest BCUT2D eigenvalue weighted by molar-refractivity contribution is 0.908. The van der Waals surface area contributed by atoms with Gasteiger partial charge in [0.1, 0.15) is 0 Å². The van der Waals surface area contributed by atoms with Crippen molar-refractivity contribution in [3.05, 3.63) is 50.1 Å². The molecular weight excluding hydrogens is 273 g/mol. The second kappa shape index (κ2) is 5.30. The van der Waals surface area contributed by atoms with E-state index in [0.29, 0.717) is 0 Å². The van der Waals surface area contributed by atoms with Gasteiger partial charge in [-0.05, 0) is 37.6 Å². The van der Waals surface area contributed by atoms with Crippen molar-refractivity contribution in [2.24, 2.45) is 0 Å². The topological polar surface area (TPSA) is 12.0 Å². The zero-order chi connectivity index (χ0) is 12.4. The van der Waals surface area contributed by atoms with Gasteiger partial charge < -0.3 is 5.32 Å². The van der Waals surface area contributed by atoms with Crippen LogP contribution in [0.15, 0.2) is 30.3 Å². The molecule has 0 fully saturated rings. The number of halogens is 2. The van der Waals surface area contributed by atoms with Crippen molar-refractivity contribution in [3.8, 4) is 0 Å². The van der Waals surface area contributed by atoms with Crippen LogP contribution in [0.5, 0.6) is 0 Å². The van der Waals surface area contributed by atoms with Gasteiger partial charge >= 0.3 is 0 Å². The molecule has 2 rings (SSSR count). The van der Waals surface area contributed by atoms with E-state index in [0.717, 1.165) is 20.6 Å². The number of nitrogens with one attached hydrogen (secondary N) is 1. The van der Waals surface area contributed by atoms with Crippen LogP contribution in [-0.4, -0.2) is 0 Å². The first kappa shape index (κ1) is 12.7. The van der Waals surface area contributed by atoms with E-state index in [-0.39, 0.29) is 6.04 Å². The van der Waals surface area contributed by atoms with Crippen molar-refractivity contribution >= 4 is 40.2 Å². The van der Waals surface area contributed by atoms with Crippen LogP contribution in [-0.2, 0) is 0 Å². The third-order valence-corrected chi connectivity index (χ3v) is 4.50. The van der Waals surface area contributed by atoms with Crippen LogP contribution < -0.4 is 5.32 Å². The van der Waals surface area contributed by atoms with Gasteiger partial charge in [0.2, 0.25) is 0 Å². The summed E-state index contributed by atoms with van der Waals surface area (Å²) in [6.45, 7) is 4.10. The third kappa shape index (κ3) is 2.95. The lowest BCUT2D eigenvalue weighted by atomic mass is 10.2. The molecule has 0 aliphatic carbocycles. The smallest absolute Gasteiger partial charge is 0.0932 e. The molecule has 2 aromatic rings. The van der Waals surface area contributed by atoms with Crippen LogP contribution in [0.1, 0.15) is 23.4 Å². The van der Waals surface area contributed by atoms with E-state index in [1.54, 1.807) is 11.3 Å². The second-order valence-corrected chi connectivity index (χ2v) is 6.07. The maximum Gasteiger partial charge on any atom is 0.0932 e. The largest absolute Gasteiger partial charge is 0.376 e. The maximum atomic E-state index is 6.24. The van der Waals surface area contributed by atoms with Gasteiger partial charge in [0, 0.05) is 4.88 Å². The van der Waals surface area contributed by atoms with Gasteiger partial charge in [-0.2, -0.15) is 0 Å². The first-order valence-electron chi connectivity index (χ1n) is 5.35. The second-order valence-electron chi connectivity index (χ2n) is 3.94. The van der Waals surface area contributed by atoms with Crippen LogP contribution in [0.3, 0.4) is 0 Å². The molecule has 0 spiro atoms. The minimum atomic E-state index is 0.201. The molecule has 1 heterocycles. The van der Waals surface area contributed by atoms with E-state index < -0.39 is 0 Å². The zero-order valence-electron chi connectivity index (χ0n) is 9.63. The fourth-order valence-corrected chi connectivity index (χ4v) is 2.87. The molecule has 0 saturated carbocycles. The lowest BCUT2D eigenvalue weighted by Crippen LogP contribution is -2.05. The molecule has 1 aromatic carbocycles. The molecule has 0 aliphatic heterocycles. The van der Waals surface area contributed by atoms with Gasteiger partial charge in [0.15, 0.2) is 0 Å². The molecule has 0 aliphatic rings. The van der Waals surface area contributed by atoms with Crippen LogP contribution >= 0.6 is 34.5 Å². The average molecular weight is 286 g/mol. The van der Waals surface area contributed by atoms with Gasteiger partial charge in [0.05, 0.1) is 21.1 Å². The highest BCUT2D eigenvalue weighted by atomic mass is 35.5. The lowest BCUT2D eigenvalue weighted by Gasteiger charge is -2.15. The number of hydrogen-bond donors (Lipinski definition) is 1. The van der Waals surface area contributed by atoms with Crippen molar-refractivity contribution in [1.29, 1.82) is 0 Å². The SMILES string of the molecule is Cc1cccc(NC(C)c2ccc(Cl)s2)c1Cl. The Kier molecular flexibility index (Phi) is 3.97. The predicted octanol–water partition coefficient (Wildman–Crippen LogP) is 5.54. The van der Waals surface area contributed by atoms with E-state index >= 15 is 0 Å². The summed E-state index contributed by atoms with van der Waals surface area (Å²) in [7, 11) is 0. The number of anilines is 1. The minimum absolute atomic E-state index is 0.201. The molecule has 0 saturated heterocycles. The van der Waals surface area contributed by atoms with Crippen LogP contribution in [0.2, 0.25) is 9.36 Å². The Hall–Kier alpha value is -0.700. The highest BCUT2D eigenvalue weighted by Gasteiger charge is 2.10. The van der Waals surface area contributed by atoms with E-state index in [4.69, 9.17) is 23.2 Å². The van der Waals surface area contributed by atoms with Gasteiger partial charge in [0.25, 0.3) is 0 Å². The van der Waals surface area contributed by atoms with Crippen LogP contribution in [0.4, 0.5) is 5.69 Å². The molecule has 0 radical (unpaired) electrons. The molecule has 0 bridgehead atoms. The quantitative estimate of drug-likeness (QED) is 0.781. The van der Waals surface area contributed by atoms with Crippen molar-refractivity contribution in [3.63, 3.8) is 0 Å². The summed E-state index contributed by atoms with van der Waals surface area (Å²) in [5.41, 5.74) is 2.04. The standard InChI is InChI=1S/C13H13Cl2NS/c1-8-4-3-5-10(13(8)15)16-9(2)11-6-7-12(14)17-11/h3-7,9,16H,1-2H3. The Bertz CT molecular complexity index is 522. The molecule has 1 nitrogen and oxygen atoms in total. The monoisotopic (exact) mass is 285 g/mol. The fraction of sp³-hybridized carbons (Fsp3) is 0.231. The zero-order valence-corrected chi connectivity index (χ0v) is 12.0. The minimum Gasteiger partial charge on any atom is -0.376 e. The van der Waals surface area contributed by atoms with Gasteiger partial charge in [-0.3, -0.25) is 0 Å². The van der Waals surface area contributed by atoms with E-state index in [2.05, 4.69) is 12.2 Å². The number of thiophene rings is 1. The fourth-order valence-electron chi connectivity index (χ4n) is 1.62. The molecular formula is C13H13Cl2NS.